The molecule has 1 N–H and O–H groups in total. The van der Waals surface area contributed by atoms with E-state index in [9.17, 15) is 0 Å². The maximum atomic E-state index is 3.94. The maximum absolute atomic E-state index is 3.94. The molecule has 0 unspecified atom stereocenters. The van der Waals surface area contributed by atoms with Gasteiger partial charge in [0.05, 0.1) is 6.20 Å². The van der Waals surface area contributed by atoms with Crippen LogP contribution in [0.3, 0.4) is 0 Å². The largest absolute Gasteiger partial charge is 0.292 e. The summed E-state index contributed by atoms with van der Waals surface area (Å²) in [5, 5.41) is 2.12. The third-order valence-electron chi connectivity index (χ3n) is 2.44. The molecule has 0 bridgehead atoms. The maximum Gasteiger partial charge on any atom is 0.0606 e. The van der Waals surface area contributed by atoms with Crippen molar-refractivity contribution in [3.05, 3.63) is 12.4 Å². The molecule has 61 valence electrons. The van der Waals surface area contributed by atoms with E-state index in [1.54, 1.807) is 0 Å². The minimum atomic E-state index is 0.686. The van der Waals surface area contributed by atoms with Crippen LogP contribution in [0, 0.1) is 0 Å². The average molecular weight is 152 g/mol. The monoisotopic (exact) mass is 152 g/mol. The molecule has 0 amide bonds. The molecule has 3 heteroatoms. The highest BCUT2D eigenvalue weighted by atomic mass is 15.7. The average Bonchev–Trinajstić information content (AvgIpc) is 2.58. The first-order valence-corrected chi connectivity index (χ1v) is 4.37. The first-order chi connectivity index (χ1) is 5.47. The van der Waals surface area contributed by atoms with Crippen LogP contribution in [-0.2, 0) is 0 Å². The molecule has 1 fully saturated rings. The van der Waals surface area contributed by atoms with E-state index < -0.39 is 0 Å². The Morgan fingerprint density at radius 2 is 2.09 bits per heavy atom. The summed E-state index contributed by atoms with van der Waals surface area (Å²) in [5.74, 6) is 0. The summed E-state index contributed by atoms with van der Waals surface area (Å²) in [6.07, 6.45) is 10.6. The summed E-state index contributed by atoms with van der Waals surface area (Å²) < 4.78 is 0. The van der Waals surface area contributed by atoms with Crippen molar-refractivity contribution in [2.24, 2.45) is 0 Å². The molecule has 0 saturated heterocycles. The van der Waals surface area contributed by atoms with Gasteiger partial charge in [-0.05, 0) is 12.8 Å². The van der Waals surface area contributed by atoms with Crippen LogP contribution in [0.25, 0.3) is 0 Å². The van der Waals surface area contributed by atoms with Gasteiger partial charge in [-0.1, -0.05) is 19.3 Å². The zero-order valence-corrected chi connectivity index (χ0v) is 6.66. The molecule has 1 aliphatic carbocycles. The van der Waals surface area contributed by atoms with Gasteiger partial charge in [0, 0.05) is 12.2 Å². The Kier molecular flexibility index (Phi) is 1.99. The lowest BCUT2D eigenvalue weighted by Gasteiger charge is -2.29. The van der Waals surface area contributed by atoms with E-state index in [2.05, 4.69) is 16.0 Å². The van der Waals surface area contributed by atoms with Crippen molar-refractivity contribution in [1.82, 2.24) is 16.0 Å². The quantitative estimate of drug-likeness (QED) is 0.610. The van der Waals surface area contributed by atoms with E-state index in [4.69, 9.17) is 0 Å². The molecular weight excluding hydrogens is 138 g/mol. The first kappa shape index (κ1) is 6.98. The van der Waals surface area contributed by atoms with E-state index in [0.717, 1.165) is 0 Å². The molecule has 0 aromatic rings. The highest BCUT2D eigenvalue weighted by Crippen LogP contribution is 2.21. The number of hydrazine groups is 1. The lowest BCUT2D eigenvalue weighted by molar-refractivity contribution is 0.155. The Bertz CT molecular complexity index is 149. The number of nitrogens with zero attached hydrogens (tertiary/aromatic N) is 2. The molecule has 2 aliphatic rings. The van der Waals surface area contributed by atoms with Crippen LogP contribution in [0.15, 0.2) is 12.4 Å². The van der Waals surface area contributed by atoms with E-state index in [0.29, 0.717) is 6.04 Å². The number of hydrogen-bond acceptors (Lipinski definition) is 2. The van der Waals surface area contributed by atoms with Crippen molar-refractivity contribution >= 4 is 0 Å². The fourth-order valence-electron chi connectivity index (χ4n) is 1.80. The van der Waals surface area contributed by atoms with Crippen molar-refractivity contribution in [2.75, 3.05) is 0 Å². The van der Waals surface area contributed by atoms with Gasteiger partial charge in [-0.25, -0.2) is 0 Å². The number of nitrogens with one attached hydrogen (secondary N) is 1. The van der Waals surface area contributed by atoms with Gasteiger partial charge in [0.15, 0.2) is 0 Å². The van der Waals surface area contributed by atoms with Crippen LogP contribution in [0.1, 0.15) is 32.1 Å². The van der Waals surface area contributed by atoms with Crippen LogP contribution < -0.4 is 11.0 Å². The van der Waals surface area contributed by atoms with Gasteiger partial charge in [0.2, 0.25) is 0 Å². The molecule has 0 atom stereocenters. The SMILES string of the molecule is C1=CN(C2CCCCC2)N[N]1. The molecule has 0 spiro atoms. The highest BCUT2D eigenvalue weighted by Gasteiger charge is 2.20. The molecule has 0 aromatic carbocycles. The van der Waals surface area contributed by atoms with Crippen molar-refractivity contribution in [1.29, 1.82) is 0 Å². The van der Waals surface area contributed by atoms with Gasteiger partial charge in [-0.15, -0.1) is 5.53 Å². The van der Waals surface area contributed by atoms with E-state index >= 15 is 0 Å². The predicted octanol–water partition coefficient (Wildman–Crippen LogP) is 1.13. The zero-order valence-electron chi connectivity index (χ0n) is 6.66. The summed E-state index contributed by atoms with van der Waals surface area (Å²) in [5.41, 5.74) is 6.91. The molecular formula is C8H14N3. The van der Waals surface area contributed by atoms with Crippen molar-refractivity contribution in [3.8, 4) is 0 Å². The van der Waals surface area contributed by atoms with Gasteiger partial charge in [-0.3, -0.25) is 5.01 Å². The molecule has 1 radical (unpaired) electrons. The second-order valence-electron chi connectivity index (χ2n) is 3.23. The molecule has 1 saturated carbocycles. The van der Waals surface area contributed by atoms with Crippen LogP contribution >= 0.6 is 0 Å². The molecule has 1 heterocycles. The number of rotatable bonds is 1. The minimum Gasteiger partial charge on any atom is -0.292 e. The second kappa shape index (κ2) is 3.13. The molecule has 11 heavy (non-hydrogen) atoms. The summed E-state index contributed by atoms with van der Waals surface area (Å²) in [4.78, 5) is 0. The zero-order chi connectivity index (χ0) is 7.52. The summed E-state index contributed by atoms with van der Waals surface area (Å²) in [6, 6.07) is 0.686. The topological polar surface area (TPSA) is 29.4 Å². The van der Waals surface area contributed by atoms with Crippen molar-refractivity contribution < 1.29 is 0 Å². The summed E-state index contributed by atoms with van der Waals surface area (Å²) in [7, 11) is 0. The van der Waals surface area contributed by atoms with Gasteiger partial charge in [0.1, 0.15) is 0 Å². The van der Waals surface area contributed by atoms with Crippen molar-refractivity contribution in [3.63, 3.8) is 0 Å². The summed E-state index contributed by atoms with van der Waals surface area (Å²) >= 11 is 0. The second-order valence-corrected chi connectivity index (χ2v) is 3.23. The van der Waals surface area contributed by atoms with Crippen LogP contribution in [0.2, 0.25) is 0 Å². The van der Waals surface area contributed by atoms with Crippen LogP contribution in [-0.4, -0.2) is 11.1 Å². The van der Waals surface area contributed by atoms with Crippen LogP contribution in [0.4, 0.5) is 0 Å². The third-order valence-corrected chi connectivity index (χ3v) is 2.44. The third kappa shape index (κ3) is 1.48. The van der Waals surface area contributed by atoms with Gasteiger partial charge < -0.3 is 0 Å². The molecule has 3 nitrogen and oxygen atoms in total. The van der Waals surface area contributed by atoms with Gasteiger partial charge in [-0.2, -0.15) is 5.43 Å². The lowest BCUT2D eigenvalue weighted by Crippen LogP contribution is -2.41. The Balaban J connectivity index is 1.87. The number of hydrogen-bond donors (Lipinski definition) is 1. The Hall–Kier alpha value is -0.700. The first-order valence-electron chi connectivity index (χ1n) is 4.37. The molecule has 0 aromatic heterocycles. The smallest absolute Gasteiger partial charge is 0.0606 e. The minimum absolute atomic E-state index is 0.686. The van der Waals surface area contributed by atoms with Gasteiger partial charge in [0.25, 0.3) is 0 Å². The fourth-order valence-corrected chi connectivity index (χ4v) is 1.80. The Morgan fingerprint density at radius 3 is 2.73 bits per heavy atom. The molecule has 2 rings (SSSR count). The van der Waals surface area contributed by atoms with E-state index in [1.807, 2.05) is 12.4 Å². The lowest BCUT2D eigenvalue weighted by atomic mass is 9.95. The predicted molar refractivity (Wildman–Crippen MR) is 43.1 cm³/mol. The van der Waals surface area contributed by atoms with Crippen molar-refractivity contribution in [2.45, 2.75) is 38.1 Å². The molecule has 1 aliphatic heterocycles. The van der Waals surface area contributed by atoms with E-state index in [-0.39, 0.29) is 0 Å². The van der Waals surface area contributed by atoms with Gasteiger partial charge >= 0.3 is 0 Å². The fraction of sp³-hybridized carbons (Fsp3) is 0.750. The standard InChI is InChI=1S/C8H14N3/c1-2-4-8(5-3-1)11-7-6-9-10-11/h6-8,10H,1-5H2. The van der Waals surface area contributed by atoms with Crippen LogP contribution in [0.5, 0.6) is 0 Å². The van der Waals surface area contributed by atoms with E-state index in [1.165, 1.54) is 32.1 Å². The highest BCUT2D eigenvalue weighted by molar-refractivity contribution is 4.87. The Morgan fingerprint density at radius 1 is 1.27 bits per heavy atom. The normalized spacial score (nSPS) is 25.6. The Labute approximate surface area is 67.4 Å². The summed E-state index contributed by atoms with van der Waals surface area (Å²) in [6.45, 7) is 0.